The Morgan fingerprint density at radius 1 is 1.23 bits per heavy atom. The Morgan fingerprint density at radius 2 is 2.04 bits per heavy atom. The van der Waals surface area contributed by atoms with Gasteiger partial charge in [-0.1, -0.05) is 6.07 Å². The molecule has 1 aliphatic heterocycles. The third kappa shape index (κ3) is 4.83. The molecule has 0 spiro atoms. The lowest BCUT2D eigenvalue weighted by molar-refractivity contribution is -0.114. The molecular formula is C18H24ClN5O2. The van der Waals surface area contributed by atoms with Crippen molar-refractivity contribution in [2.75, 3.05) is 23.7 Å². The summed E-state index contributed by atoms with van der Waals surface area (Å²) >= 11 is 0. The number of piperidine rings is 1. The van der Waals surface area contributed by atoms with Crippen LogP contribution < -0.4 is 16.0 Å². The molecule has 0 saturated carbocycles. The fourth-order valence-electron chi connectivity index (χ4n) is 2.97. The largest absolute Gasteiger partial charge is 0.325 e. The average Bonchev–Trinajstić information content (AvgIpc) is 3.08. The summed E-state index contributed by atoms with van der Waals surface area (Å²) in [5, 5.41) is 13.3. The number of aryl methyl sites for hydroxylation is 1. The average molecular weight is 378 g/mol. The molecule has 8 heteroatoms. The highest BCUT2D eigenvalue weighted by atomic mass is 35.5. The van der Waals surface area contributed by atoms with Crippen molar-refractivity contribution in [3.8, 4) is 0 Å². The fraction of sp³-hybridized carbons (Fsp3) is 0.389. The molecule has 3 N–H and O–H groups in total. The van der Waals surface area contributed by atoms with Crippen LogP contribution in [0.25, 0.3) is 0 Å². The maximum absolute atomic E-state index is 12.5. The van der Waals surface area contributed by atoms with E-state index in [1.165, 1.54) is 6.92 Å². The number of halogens is 1. The first kappa shape index (κ1) is 19.9. The van der Waals surface area contributed by atoms with Gasteiger partial charge in [0.15, 0.2) is 5.69 Å². The van der Waals surface area contributed by atoms with E-state index in [4.69, 9.17) is 0 Å². The zero-order chi connectivity index (χ0) is 17.8. The highest BCUT2D eigenvalue weighted by molar-refractivity contribution is 6.06. The van der Waals surface area contributed by atoms with Crippen molar-refractivity contribution in [1.82, 2.24) is 15.1 Å². The molecule has 2 amide bonds. The number of carbonyl (C=O) groups excluding carboxylic acids is 2. The molecule has 1 saturated heterocycles. The number of hydrogen-bond acceptors (Lipinski definition) is 4. The second-order valence-electron chi connectivity index (χ2n) is 6.37. The Balaban J connectivity index is 0.00000243. The van der Waals surface area contributed by atoms with Gasteiger partial charge >= 0.3 is 0 Å². The lowest BCUT2D eigenvalue weighted by atomic mass is 10.1. The Morgan fingerprint density at radius 3 is 2.73 bits per heavy atom. The van der Waals surface area contributed by atoms with Crippen LogP contribution in [-0.4, -0.2) is 34.7 Å². The highest BCUT2D eigenvalue weighted by Crippen LogP contribution is 2.24. The summed E-state index contributed by atoms with van der Waals surface area (Å²) in [6.45, 7) is 5.26. The Labute approximate surface area is 159 Å². The van der Waals surface area contributed by atoms with Gasteiger partial charge in [-0.2, -0.15) is 5.10 Å². The monoisotopic (exact) mass is 377 g/mol. The number of carbonyl (C=O) groups is 2. The van der Waals surface area contributed by atoms with E-state index >= 15 is 0 Å². The zero-order valence-corrected chi connectivity index (χ0v) is 15.7. The van der Waals surface area contributed by atoms with Gasteiger partial charge in [0.25, 0.3) is 5.91 Å². The molecule has 140 valence electrons. The van der Waals surface area contributed by atoms with Crippen LogP contribution in [0.3, 0.4) is 0 Å². The number of hydrogen-bond donors (Lipinski definition) is 3. The molecule has 2 heterocycles. The molecule has 1 aliphatic rings. The Kier molecular flexibility index (Phi) is 6.76. The van der Waals surface area contributed by atoms with Gasteiger partial charge in [-0.15, -0.1) is 12.4 Å². The number of benzene rings is 1. The Bertz CT molecular complexity index is 784. The van der Waals surface area contributed by atoms with Crippen molar-refractivity contribution in [1.29, 1.82) is 0 Å². The van der Waals surface area contributed by atoms with Crippen molar-refractivity contribution in [3.05, 3.63) is 41.7 Å². The summed E-state index contributed by atoms with van der Waals surface area (Å²) in [5.41, 5.74) is 2.49. The van der Waals surface area contributed by atoms with E-state index in [2.05, 4.69) is 21.0 Å². The first-order valence-electron chi connectivity index (χ1n) is 8.48. The smallest absolute Gasteiger partial charge is 0.276 e. The molecule has 1 aromatic heterocycles. The van der Waals surface area contributed by atoms with Crippen LogP contribution >= 0.6 is 12.4 Å². The Hall–Kier alpha value is -2.38. The summed E-state index contributed by atoms with van der Waals surface area (Å²) in [6.07, 6.45) is 4.01. The minimum Gasteiger partial charge on any atom is -0.325 e. The maximum Gasteiger partial charge on any atom is 0.276 e. The van der Waals surface area contributed by atoms with Crippen LogP contribution in [0.5, 0.6) is 0 Å². The van der Waals surface area contributed by atoms with Crippen LogP contribution in [0.4, 0.5) is 11.4 Å². The van der Waals surface area contributed by atoms with E-state index in [0.717, 1.165) is 31.5 Å². The lowest BCUT2D eigenvalue weighted by Crippen LogP contribution is -2.32. The van der Waals surface area contributed by atoms with E-state index in [-0.39, 0.29) is 30.3 Å². The third-order valence-corrected chi connectivity index (χ3v) is 4.22. The first-order valence-corrected chi connectivity index (χ1v) is 8.48. The minimum atomic E-state index is -0.292. The van der Waals surface area contributed by atoms with Crippen LogP contribution in [0.1, 0.15) is 41.9 Å². The SMILES string of the molecule is CC(=O)Nc1ccc(C)cc1NC(=O)c1ccn(C2CCCNC2)n1.Cl. The van der Waals surface area contributed by atoms with E-state index in [0.29, 0.717) is 17.1 Å². The lowest BCUT2D eigenvalue weighted by Gasteiger charge is -2.22. The van der Waals surface area contributed by atoms with E-state index in [1.807, 2.05) is 29.9 Å². The van der Waals surface area contributed by atoms with Crippen LogP contribution in [-0.2, 0) is 4.79 Å². The molecule has 0 radical (unpaired) electrons. The molecule has 2 aromatic rings. The normalized spacial score (nSPS) is 16.5. The standard InChI is InChI=1S/C18H23N5O2.ClH/c1-12-5-6-15(20-13(2)24)17(10-12)21-18(25)16-7-9-23(22-16)14-4-3-8-19-11-14;/h5-7,9-10,14,19H,3-4,8,11H2,1-2H3,(H,20,24)(H,21,25);1H. The molecule has 1 fully saturated rings. The second kappa shape index (κ2) is 8.82. The van der Waals surface area contributed by atoms with E-state index < -0.39 is 0 Å². The van der Waals surface area contributed by atoms with Gasteiger partial charge in [-0.3, -0.25) is 14.3 Å². The number of anilines is 2. The van der Waals surface area contributed by atoms with Crippen molar-refractivity contribution in [2.24, 2.45) is 0 Å². The molecule has 1 aromatic carbocycles. The summed E-state index contributed by atoms with van der Waals surface area (Å²) in [7, 11) is 0. The zero-order valence-electron chi connectivity index (χ0n) is 14.9. The van der Waals surface area contributed by atoms with Crippen molar-refractivity contribution in [3.63, 3.8) is 0 Å². The van der Waals surface area contributed by atoms with Crippen molar-refractivity contribution < 1.29 is 9.59 Å². The summed E-state index contributed by atoms with van der Waals surface area (Å²) in [5.74, 6) is -0.479. The van der Waals surface area contributed by atoms with Crippen LogP contribution in [0.15, 0.2) is 30.5 Å². The topological polar surface area (TPSA) is 88.0 Å². The molecular weight excluding hydrogens is 354 g/mol. The maximum atomic E-state index is 12.5. The predicted octanol–water partition coefficient (Wildman–Crippen LogP) is 2.75. The number of aromatic nitrogens is 2. The van der Waals surface area contributed by atoms with Gasteiger partial charge in [0, 0.05) is 19.7 Å². The van der Waals surface area contributed by atoms with Crippen molar-refractivity contribution >= 4 is 35.6 Å². The number of rotatable bonds is 4. The molecule has 26 heavy (non-hydrogen) atoms. The van der Waals surface area contributed by atoms with Gasteiger partial charge < -0.3 is 16.0 Å². The third-order valence-electron chi connectivity index (χ3n) is 4.22. The molecule has 1 atom stereocenters. The van der Waals surface area contributed by atoms with E-state index in [9.17, 15) is 9.59 Å². The first-order chi connectivity index (χ1) is 12.0. The van der Waals surface area contributed by atoms with Gasteiger partial charge in [0.2, 0.25) is 5.91 Å². The van der Waals surface area contributed by atoms with Crippen molar-refractivity contribution in [2.45, 2.75) is 32.7 Å². The molecule has 3 rings (SSSR count). The fourth-order valence-corrected chi connectivity index (χ4v) is 2.97. The molecule has 0 aliphatic carbocycles. The van der Waals surface area contributed by atoms with Gasteiger partial charge in [0.05, 0.1) is 17.4 Å². The van der Waals surface area contributed by atoms with Crippen LogP contribution in [0, 0.1) is 6.92 Å². The van der Waals surface area contributed by atoms with Gasteiger partial charge in [-0.05, 0) is 50.1 Å². The number of nitrogens with zero attached hydrogens (tertiary/aromatic N) is 2. The van der Waals surface area contributed by atoms with Gasteiger partial charge in [0.1, 0.15) is 0 Å². The number of amides is 2. The predicted molar refractivity (Wildman–Crippen MR) is 104 cm³/mol. The van der Waals surface area contributed by atoms with Gasteiger partial charge in [-0.25, -0.2) is 0 Å². The summed E-state index contributed by atoms with van der Waals surface area (Å²) in [4.78, 5) is 23.9. The highest BCUT2D eigenvalue weighted by Gasteiger charge is 2.18. The quantitative estimate of drug-likeness (QED) is 0.764. The second-order valence-corrected chi connectivity index (χ2v) is 6.37. The molecule has 7 nitrogen and oxygen atoms in total. The van der Waals surface area contributed by atoms with E-state index in [1.54, 1.807) is 12.1 Å². The molecule has 1 unspecified atom stereocenters. The molecule has 0 bridgehead atoms. The van der Waals surface area contributed by atoms with Crippen LogP contribution in [0.2, 0.25) is 0 Å². The summed E-state index contributed by atoms with van der Waals surface area (Å²) < 4.78 is 1.85. The number of nitrogens with one attached hydrogen (secondary N) is 3. The minimum absolute atomic E-state index is 0. The summed E-state index contributed by atoms with van der Waals surface area (Å²) in [6, 6.07) is 7.48.